The van der Waals surface area contributed by atoms with Crippen LogP contribution >= 0.6 is 0 Å². The van der Waals surface area contributed by atoms with Crippen LogP contribution in [0.1, 0.15) is 36.8 Å². The summed E-state index contributed by atoms with van der Waals surface area (Å²) >= 11 is 0. The predicted molar refractivity (Wildman–Crippen MR) is 76.6 cm³/mol. The van der Waals surface area contributed by atoms with Crippen molar-refractivity contribution in [2.75, 3.05) is 7.11 Å². The van der Waals surface area contributed by atoms with E-state index in [1.807, 2.05) is 25.1 Å². The van der Waals surface area contributed by atoms with Gasteiger partial charge in [0.2, 0.25) is 0 Å². The molecule has 2 fully saturated rings. The average Bonchev–Trinajstić information content (AvgIpc) is 2.59. The van der Waals surface area contributed by atoms with Crippen molar-refractivity contribution in [3.8, 4) is 5.75 Å². The highest BCUT2D eigenvalue weighted by Gasteiger charge is 2.53. The highest BCUT2D eigenvalue weighted by Crippen LogP contribution is 2.47. The molecule has 0 aromatic heterocycles. The summed E-state index contributed by atoms with van der Waals surface area (Å²) in [6.45, 7) is 1.93. The summed E-state index contributed by atoms with van der Waals surface area (Å²) in [5, 5.41) is 10.2. The van der Waals surface area contributed by atoms with Crippen molar-refractivity contribution >= 4 is 9.84 Å². The summed E-state index contributed by atoms with van der Waals surface area (Å²) in [6.07, 6.45) is 2.00. The molecule has 1 N–H and O–H groups in total. The maximum absolute atomic E-state index is 12.1. The SMILES string of the molecule is COc1ccc(C2(O)CC3CCC(C2)S3(=O)=O)cc1C. The Hall–Kier alpha value is -1.07. The molecule has 0 spiro atoms. The lowest BCUT2D eigenvalue weighted by atomic mass is 9.85. The van der Waals surface area contributed by atoms with Crippen molar-refractivity contribution in [1.29, 1.82) is 0 Å². The van der Waals surface area contributed by atoms with E-state index in [4.69, 9.17) is 4.74 Å². The maximum Gasteiger partial charge on any atom is 0.156 e. The van der Waals surface area contributed by atoms with Gasteiger partial charge >= 0.3 is 0 Å². The number of rotatable bonds is 2. The van der Waals surface area contributed by atoms with Gasteiger partial charge in [0.1, 0.15) is 5.75 Å². The molecule has 0 radical (unpaired) electrons. The summed E-state index contributed by atoms with van der Waals surface area (Å²) in [7, 11) is -1.40. The number of aryl methyl sites for hydroxylation is 1. The van der Waals surface area contributed by atoms with E-state index in [9.17, 15) is 13.5 Å². The number of hydrogen-bond acceptors (Lipinski definition) is 4. The largest absolute Gasteiger partial charge is 0.496 e. The first-order chi connectivity index (χ1) is 9.37. The number of ether oxygens (including phenoxy) is 1. The summed E-state index contributed by atoms with van der Waals surface area (Å²) in [5.74, 6) is 0.781. The Balaban J connectivity index is 1.97. The Morgan fingerprint density at radius 3 is 2.35 bits per heavy atom. The highest BCUT2D eigenvalue weighted by atomic mass is 32.2. The van der Waals surface area contributed by atoms with E-state index in [1.165, 1.54) is 0 Å². The Kier molecular flexibility index (Phi) is 3.10. The molecule has 0 amide bonds. The van der Waals surface area contributed by atoms with Crippen LogP contribution in [-0.4, -0.2) is 31.1 Å². The lowest BCUT2D eigenvalue weighted by Gasteiger charge is -2.36. The number of benzene rings is 1. The van der Waals surface area contributed by atoms with Crippen molar-refractivity contribution in [2.45, 2.75) is 48.7 Å². The first-order valence-corrected chi connectivity index (χ1v) is 8.58. The van der Waals surface area contributed by atoms with E-state index in [1.54, 1.807) is 7.11 Å². The second-order valence-corrected chi connectivity index (χ2v) is 8.55. The molecule has 2 aliphatic rings. The third kappa shape index (κ3) is 1.95. The van der Waals surface area contributed by atoms with Crippen LogP contribution < -0.4 is 4.74 Å². The number of aliphatic hydroxyl groups is 1. The van der Waals surface area contributed by atoms with Crippen LogP contribution in [0, 0.1) is 6.92 Å². The fourth-order valence-corrected chi connectivity index (χ4v) is 6.14. The van der Waals surface area contributed by atoms with Gasteiger partial charge in [0, 0.05) is 0 Å². The monoisotopic (exact) mass is 296 g/mol. The molecule has 1 aromatic rings. The second kappa shape index (κ2) is 4.46. The molecule has 0 aliphatic carbocycles. The summed E-state index contributed by atoms with van der Waals surface area (Å²) in [6, 6.07) is 5.60. The first-order valence-electron chi connectivity index (χ1n) is 6.97. The van der Waals surface area contributed by atoms with Crippen molar-refractivity contribution in [1.82, 2.24) is 0 Å². The molecule has 0 saturated carbocycles. The third-order valence-electron chi connectivity index (χ3n) is 4.80. The van der Waals surface area contributed by atoms with Crippen LogP contribution in [0.15, 0.2) is 18.2 Å². The first kappa shape index (κ1) is 13.9. The van der Waals surface area contributed by atoms with Crippen LogP contribution in [-0.2, 0) is 15.4 Å². The van der Waals surface area contributed by atoms with Crippen molar-refractivity contribution in [3.63, 3.8) is 0 Å². The molecule has 4 nitrogen and oxygen atoms in total. The van der Waals surface area contributed by atoms with Gasteiger partial charge in [0.15, 0.2) is 9.84 Å². The summed E-state index contributed by atoms with van der Waals surface area (Å²) in [4.78, 5) is 0. The van der Waals surface area contributed by atoms with Crippen LogP contribution in [0.5, 0.6) is 5.75 Å². The van der Waals surface area contributed by atoms with Crippen LogP contribution in [0.3, 0.4) is 0 Å². The normalized spacial score (nSPS) is 35.0. The fraction of sp³-hybridized carbons (Fsp3) is 0.600. The van der Waals surface area contributed by atoms with E-state index in [2.05, 4.69) is 0 Å². The van der Waals surface area contributed by atoms with Gasteiger partial charge in [-0.3, -0.25) is 0 Å². The smallest absolute Gasteiger partial charge is 0.156 e. The van der Waals surface area contributed by atoms with Gasteiger partial charge in [-0.1, -0.05) is 6.07 Å². The number of fused-ring (bicyclic) bond motifs is 2. The highest BCUT2D eigenvalue weighted by molar-refractivity contribution is 7.93. The molecule has 2 saturated heterocycles. The maximum atomic E-state index is 12.1. The minimum absolute atomic E-state index is 0.317. The summed E-state index contributed by atoms with van der Waals surface area (Å²) < 4.78 is 29.5. The Morgan fingerprint density at radius 2 is 1.85 bits per heavy atom. The zero-order valence-electron chi connectivity index (χ0n) is 11.8. The molecule has 1 aromatic carbocycles. The van der Waals surface area contributed by atoms with E-state index in [0.29, 0.717) is 25.7 Å². The van der Waals surface area contributed by atoms with Gasteiger partial charge in [-0.15, -0.1) is 0 Å². The molecule has 5 heteroatoms. The number of hydrogen-bond donors (Lipinski definition) is 1. The predicted octanol–water partition coefficient (Wildman–Crippen LogP) is 1.93. The van der Waals surface area contributed by atoms with Gasteiger partial charge in [0.05, 0.1) is 23.2 Å². The standard InChI is InChI=1S/C15H20O4S/c1-10-7-11(3-6-14(10)19-2)15(16)8-12-4-5-13(9-15)20(12,17)18/h3,6-7,12-13,16H,4-5,8-9H2,1-2H3. The third-order valence-corrected chi connectivity index (χ3v) is 7.47. The summed E-state index contributed by atoms with van der Waals surface area (Å²) in [5.41, 5.74) is 0.746. The van der Waals surface area contributed by atoms with Gasteiger partial charge in [-0.2, -0.15) is 0 Å². The molecular formula is C15H20O4S. The Labute approximate surface area is 119 Å². The molecule has 3 rings (SSSR count). The topological polar surface area (TPSA) is 63.6 Å². The second-order valence-electron chi connectivity index (χ2n) is 6.03. The minimum Gasteiger partial charge on any atom is -0.496 e. The quantitative estimate of drug-likeness (QED) is 0.906. The van der Waals surface area contributed by atoms with Crippen LogP contribution in [0.25, 0.3) is 0 Å². The molecule has 2 atom stereocenters. The lowest BCUT2D eigenvalue weighted by Crippen LogP contribution is -2.43. The van der Waals surface area contributed by atoms with Gasteiger partial charge in [-0.25, -0.2) is 8.42 Å². The molecule has 2 heterocycles. The molecule has 2 aliphatic heterocycles. The average molecular weight is 296 g/mol. The van der Waals surface area contributed by atoms with Crippen molar-refractivity contribution in [2.24, 2.45) is 0 Å². The Morgan fingerprint density at radius 1 is 1.25 bits per heavy atom. The van der Waals surface area contributed by atoms with Crippen LogP contribution in [0.4, 0.5) is 0 Å². The minimum atomic E-state index is -3.02. The van der Waals surface area contributed by atoms with Crippen LogP contribution in [0.2, 0.25) is 0 Å². The van der Waals surface area contributed by atoms with Gasteiger partial charge < -0.3 is 9.84 Å². The molecule has 110 valence electrons. The molecular weight excluding hydrogens is 276 g/mol. The zero-order valence-corrected chi connectivity index (χ0v) is 12.6. The zero-order chi connectivity index (χ0) is 14.5. The number of sulfone groups is 1. The lowest BCUT2D eigenvalue weighted by molar-refractivity contribution is 0.0172. The molecule has 20 heavy (non-hydrogen) atoms. The van der Waals surface area contributed by atoms with Gasteiger partial charge in [0.25, 0.3) is 0 Å². The number of methoxy groups -OCH3 is 1. The molecule has 2 unspecified atom stereocenters. The van der Waals surface area contributed by atoms with E-state index in [-0.39, 0.29) is 10.5 Å². The van der Waals surface area contributed by atoms with Gasteiger partial charge in [-0.05, 0) is 55.9 Å². The van der Waals surface area contributed by atoms with Crippen molar-refractivity contribution < 1.29 is 18.3 Å². The fourth-order valence-electron chi connectivity index (χ4n) is 3.65. The van der Waals surface area contributed by atoms with Crippen molar-refractivity contribution in [3.05, 3.63) is 29.3 Å². The van der Waals surface area contributed by atoms with E-state index in [0.717, 1.165) is 16.9 Å². The van der Waals surface area contributed by atoms with E-state index < -0.39 is 15.4 Å². The molecule has 2 bridgehead atoms. The Bertz CT molecular complexity index is 615. The van der Waals surface area contributed by atoms with E-state index >= 15 is 0 Å².